The average Bonchev–Trinajstić information content (AvgIpc) is 2.73. The highest BCUT2D eigenvalue weighted by atomic mass is 35.5. The Balaban J connectivity index is 1.86. The van der Waals surface area contributed by atoms with Crippen molar-refractivity contribution in [3.05, 3.63) is 58.1 Å². The second-order valence-electron chi connectivity index (χ2n) is 6.19. The molecular weight excluding hydrogens is 412 g/mol. The number of carbonyl (C=O) groups is 1. The third kappa shape index (κ3) is 4.90. The van der Waals surface area contributed by atoms with Crippen LogP contribution in [0.25, 0.3) is 22.0 Å². The molecule has 0 aliphatic carbocycles. The zero-order valence-corrected chi connectivity index (χ0v) is 17.0. The highest BCUT2D eigenvalue weighted by molar-refractivity contribution is 6.50. The second-order valence-corrected chi connectivity index (χ2v) is 6.60. The standard InChI is InChI=1S/C21H19ClN2O6/c1-28-17-10-14-16(11-18(17)29-2)23-20(24-21(14)27)15(22)9-12-3-5-13(6-4-12)30-8-7-19(25)26/h3-6,9-11H,7-8H2,1-2H3,(H,25,26)(H,23,24,27)/b15-9-. The summed E-state index contributed by atoms with van der Waals surface area (Å²) in [5.74, 6) is 0.713. The zero-order chi connectivity index (χ0) is 21.7. The van der Waals surface area contributed by atoms with E-state index >= 15 is 0 Å². The summed E-state index contributed by atoms with van der Waals surface area (Å²) in [6, 6.07) is 10.1. The van der Waals surface area contributed by atoms with Crippen LogP contribution in [0.2, 0.25) is 0 Å². The summed E-state index contributed by atoms with van der Waals surface area (Å²) in [6.07, 6.45) is 1.57. The molecule has 0 saturated heterocycles. The summed E-state index contributed by atoms with van der Waals surface area (Å²) in [5.41, 5.74) is 0.811. The molecule has 2 N–H and O–H groups in total. The number of ether oxygens (including phenoxy) is 3. The minimum atomic E-state index is -0.922. The number of halogens is 1. The van der Waals surface area contributed by atoms with Crippen LogP contribution in [-0.2, 0) is 4.79 Å². The number of aliphatic carboxylic acids is 1. The maximum absolute atomic E-state index is 12.5. The molecule has 3 aromatic rings. The fraction of sp³-hybridized carbons (Fsp3) is 0.190. The van der Waals surface area contributed by atoms with E-state index in [2.05, 4.69) is 9.97 Å². The van der Waals surface area contributed by atoms with Crippen molar-refractivity contribution in [3.8, 4) is 17.2 Å². The highest BCUT2D eigenvalue weighted by Crippen LogP contribution is 2.30. The lowest BCUT2D eigenvalue weighted by atomic mass is 10.2. The Morgan fingerprint density at radius 3 is 2.47 bits per heavy atom. The Morgan fingerprint density at radius 2 is 1.83 bits per heavy atom. The van der Waals surface area contributed by atoms with Crippen molar-refractivity contribution >= 4 is 39.6 Å². The summed E-state index contributed by atoms with van der Waals surface area (Å²) in [5, 5.41) is 9.23. The topological polar surface area (TPSA) is 111 Å². The fourth-order valence-electron chi connectivity index (χ4n) is 2.71. The smallest absolute Gasteiger partial charge is 0.306 e. The molecule has 1 aromatic heterocycles. The average molecular weight is 431 g/mol. The number of methoxy groups -OCH3 is 2. The van der Waals surface area contributed by atoms with Crippen molar-refractivity contribution in [3.63, 3.8) is 0 Å². The molecule has 8 nitrogen and oxygen atoms in total. The van der Waals surface area contributed by atoms with Crippen LogP contribution in [0.1, 0.15) is 17.8 Å². The predicted octanol–water partition coefficient (Wildman–Crippen LogP) is 3.53. The first-order chi connectivity index (χ1) is 14.4. The van der Waals surface area contributed by atoms with Crippen molar-refractivity contribution in [2.75, 3.05) is 20.8 Å². The number of aromatic amines is 1. The quantitative estimate of drug-likeness (QED) is 0.562. The van der Waals surface area contributed by atoms with Crippen LogP contribution in [-0.4, -0.2) is 41.9 Å². The minimum Gasteiger partial charge on any atom is -0.493 e. The first-order valence-electron chi connectivity index (χ1n) is 8.89. The molecule has 9 heteroatoms. The Labute approximate surface area is 176 Å². The number of rotatable bonds is 8. The molecule has 1 heterocycles. The molecule has 0 radical (unpaired) electrons. The zero-order valence-electron chi connectivity index (χ0n) is 16.3. The van der Waals surface area contributed by atoms with Crippen molar-refractivity contribution in [1.29, 1.82) is 0 Å². The van der Waals surface area contributed by atoms with Crippen LogP contribution in [0.4, 0.5) is 0 Å². The van der Waals surface area contributed by atoms with E-state index in [1.165, 1.54) is 14.2 Å². The molecule has 0 amide bonds. The number of nitrogens with zero attached hydrogens (tertiary/aromatic N) is 1. The largest absolute Gasteiger partial charge is 0.493 e. The van der Waals surface area contributed by atoms with E-state index in [9.17, 15) is 9.59 Å². The molecule has 0 fully saturated rings. The number of carboxylic acids is 1. The van der Waals surface area contributed by atoms with Crippen molar-refractivity contribution in [2.24, 2.45) is 0 Å². The minimum absolute atomic E-state index is 0.0782. The Bertz CT molecular complexity index is 1150. The normalized spacial score (nSPS) is 11.4. The van der Waals surface area contributed by atoms with Gasteiger partial charge in [-0.3, -0.25) is 9.59 Å². The molecule has 156 valence electrons. The highest BCUT2D eigenvalue weighted by Gasteiger charge is 2.12. The van der Waals surface area contributed by atoms with E-state index in [0.29, 0.717) is 28.2 Å². The summed E-state index contributed by atoms with van der Waals surface area (Å²) in [7, 11) is 2.99. The van der Waals surface area contributed by atoms with Gasteiger partial charge in [-0.2, -0.15) is 0 Å². The van der Waals surface area contributed by atoms with Gasteiger partial charge in [0.25, 0.3) is 5.56 Å². The molecule has 0 saturated carbocycles. The molecule has 0 aliphatic heterocycles. The van der Waals surface area contributed by atoms with Crippen LogP contribution in [0.15, 0.2) is 41.2 Å². The Hall–Kier alpha value is -3.52. The van der Waals surface area contributed by atoms with Gasteiger partial charge in [-0.25, -0.2) is 4.98 Å². The van der Waals surface area contributed by atoms with Crippen molar-refractivity contribution in [2.45, 2.75) is 6.42 Å². The lowest BCUT2D eigenvalue weighted by molar-refractivity contribution is -0.137. The van der Waals surface area contributed by atoms with Gasteiger partial charge in [0.05, 0.1) is 43.2 Å². The van der Waals surface area contributed by atoms with Crippen LogP contribution in [0.3, 0.4) is 0 Å². The second kappa shape index (κ2) is 9.32. The number of aromatic nitrogens is 2. The molecule has 0 atom stereocenters. The fourth-order valence-corrected chi connectivity index (χ4v) is 2.93. The number of carboxylic acid groups (broad SMARTS) is 1. The van der Waals surface area contributed by atoms with Gasteiger partial charge in [0.15, 0.2) is 17.3 Å². The first-order valence-corrected chi connectivity index (χ1v) is 9.27. The first kappa shape index (κ1) is 21.2. The molecular formula is C21H19ClN2O6. The summed E-state index contributed by atoms with van der Waals surface area (Å²) in [4.78, 5) is 30.1. The lowest BCUT2D eigenvalue weighted by Crippen LogP contribution is -2.11. The van der Waals surface area contributed by atoms with Crippen LogP contribution in [0.5, 0.6) is 17.2 Å². The van der Waals surface area contributed by atoms with Gasteiger partial charge >= 0.3 is 5.97 Å². The van der Waals surface area contributed by atoms with E-state index in [1.807, 2.05) is 0 Å². The van der Waals surface area contributed by atoms with Gasteiger partial charge in [-0.15, -0.1) is 0 Å². The van der Waals surface area contributed by atoms with Crippen molar-refractivity contribution < 1.29 is 24.1 Å². The Morgan fingerprint density at radius 1 is 1.17 bits per heavy atom. The molecule has 30 heavy (non-hydrogen) atoms. The third-order valence-electron chi connectivity index (χ3n) is 4.20. The Kier molecular flexibility index (Phi) is 6.58. The van der Waals surface area contributed by atoms with E-state index in [-0.39, 0.29) is 29.4 Å². The molecule has 0 spiro atoms. The maximum Gasteiger partial charge on any atom is 0.306 e. The van der Waals surface area contributed by atoms with Crippen LogP contribution >= 0.6 is 11.6 Å². The maximum atomic E-state index is 12.5. The number of benzene rings is 2. The molecule has 0 bridgehead atoms. The van der Waals surface area contributed by atoms with Gasteiger partial charge in [-0.05, 0) is 29.8 Å². The van der Waals surface area contributed by atoms with Gasteiger partial charge in [-0.1, -0.05) is 23.7 Å². The number of nitrogens with one attached hydrogen (secondary N) is 1. The lowest BCUT2D eigenvalue weighted by Gasteiger charge is -2.09. The summed E-state index contributed by atoms with van der Waals surface area (Å²) in [6.45, 7) is 0.0851. The molecule has 0 aliphatic rings. The van der Waals surface area contributed by atoms with E-state index < -0.39 is 5.97 Å². The molecule has 0 unspecified atom stereocenters. The molecule has 3 rings (SSSR count). The monoisotopic (exact) mass is 430 g/mol. The van der Waals surface area contributed by atoms with E-state index in [0.717, 1.165) is 5.56 Å². The van der Waals surface area contributed by atoms with Crippen LogP contribution in [0, 0.1) is 0 Å². The van der Waals surface area contributed by atoms with Crippen molar-refractivity contribution in [1.82, 2.24) is 9.97 Å². The summed E-state index contributed by atoms with van der Waals surface area (Å²) < 4.78 is 15.8. The van der Waals surface area contributed by atoms with Gasteiger partial charge in [0, 0.05) is 6.07 Å². The SMILES string of the molecule is COc1cc2nc(/C(Cl)=C/c3ccc(OCCC(=O)O)cc3)[nH]c(=O)c2cc1OC. The van der Waals surface area contributed by atoms with Crippen LogP contribution < -0.4 is 19.8 Å². The number of fused-ring (bicyclic) bond motifs is 1. The van der Waals surface area contributed by atoms with E-state index in [4.69, 9.17) is 30.9 Å². The van der Waals surface area contributed by atoms with E-state index in [1.54, 1.807) is 42.5 Å². The molecule has 2 aromatic carbocycles. The predicted molar refractivity (Wildman–Crippen MR) is 113 cm³/mol. The number of hydrogen-bond acceptors (Lipinski definition) is 6. The summed E-state index contributed by atoms with van der Waals surface area (Å²) >= 11 is 6.38. The number of H-pyrrole nitrogens is 1. The van der Waals surface area contributed by atoms with Gasteiger partial charge in [0.2, 0.25) is 0 Å². The number of hydrogen-bond donors (Lipinski definition) is 2. The third-order valence-corrected chi connectivity index (χ3v) is 4.48. The van der Waals surface area contributed by atoms with Gasteiger partial charge < -0.3 is 24.3 Å². The van der Waals surface area contributed by atoms with Gasteiger partial charge in [0.1, 0.15) is 5.75 Å².